The summed E-state index contributed by atoms with van der Waals surface area (Å²) in [5.74, 6) is 3.77. The summed E-state index contributed by atoms with van der Waals surface area (Å²) in [4.78, 5) is 6.93. The number of rotatable bonds is 4. The number of alkyl halides is 2. The topological polar surface area (TPSA) is 75.9 Å². The second-order valence-electron chi connectivity index (χ2n) is 2.31. The van der Waals surface area contributed by atoms with Gasteiger partial charge in [-0.05, 0) is 0 Å². The minimum absolute atomic E-state index is 0.0526. The molecule has 0 amide bonds. The van der Waals surface area contributed by atoms with Gasteiger partial charge in [-0.3, -0.25) is 5.43 Å². The summed E-state index contributed by atoms with van der Waals surface area (Å²) in [6.45, 7) is -0.683. The predicted octanol–water partition coefficient (Wildman–Crippen LogP) is 0.578. The fourth-order valence-corrected chi connectivity index (χ4v) is 0.734. The van der Waals surface area contributed by atoms with Crippen LogP contribution in [0.1, 0.15) is 0 Å². The standard InChI is InChI=1S/C6H8F3N5/c7-3-1-12-6(14-10)13-5(3)11-2-4(8)9/h1,4H,2,10H2,(H2,11,12,13,14). The van der Waals surface area contributed by atoms with Crippen LogP contribution in [0.2, 0.25) is 0 Å². The maximum Gasteiger partial charge on any atom is 0.255 e. The van der Waals surface area contributed by atoms with E-state index in [1.54, 1.807) is 0 Å². The van der Waals surface area contributed by atoms with Crippen LogP contribution >= 0.6 is 0 Å². The van der Waals surface area contributed by atoms with Crippen LogP contribution in [0.5, 0.6) is 0 Å². The lowest BCUT2D eigenvalue weighted by Crippen LogP contribution is -2.16. The summed E-state index contributed by atoms with van der Waals surface area (Å²) in [7, 11) is 0. The molecule has 0 aliphatic rings. The first-order valence-corrected chi connectivity index (χ1v) is 3.64. The molecule has 0 unspecified atom stereocenters. The Hall–Kier alpha value is -1.57. The van der Waals surface area contributed by atoms with Gasteiger partial charge in [0.25, 0.3) is 6.43 Å². The Morgan fingerprint density at radius 1 is 1.50 bits per heavy atom. The number of aromatic nitrogens is 2. The van der Waals surface area contributed by atoms with Crippen molar-refractivity contribution in [3.63, 3.8) is 0 Å². The average Bonchev–Trinajstić information content (AvgIpc) is 2.16. The number of hydrogen-bond acceptors (Lipinski definition) is 5. The number of nitrogens with zero attached hydrogens (tertiary/aromatic N) is 2. The number of nitrogens with two attached hydrogens (primary N) is 1. The van der Waals surface area contributed by atoms with Crippen LogP contribution < -0.4 is 16.6 Å². The van der Waals surface area contributed by atoms with E-state index in [1.165, 1.54) is 0 Å². The van der Waals surface area contributed by atoms with E-state index in [-0.39, 0.29) is 11.8 Å². The third kappa shape index (κ3) is 2.73. The largest absolute Gasteiger partial charge is 0.362 e. The van der Waals surface area contributed by atoms with E-state index in [2.05, 4.69) is 20.7 Å². The van der Waals surface area contributed by atoms with Crippen LogP contribution in [0.15, 0.2) is 6.20 Å². The van der Waals surface area contributed by atoms with Crippen molar-refractivity contribution >= 4 is 11.8 Å². The van der Waals surface area contributed by atoms with Gasteiger partial charge >= 0.3 is 0 Å². The fourth-order valence-electron chi connectivity index (χ4n) is 0.734. The summed E-state index contributed by atoms with van der Waals surface area (Å²) < 4.78 is 36.4. The van der Waals surface area contributed by atoms with Crippen LogP contribution in [0.25, 0.3) is 0 Å². The quantitative estimate of drug-likeness (QED) is 0.497. The van der Waals surface area contributed by atoms with Gasteiger partial charge in [0.15, 0.2) is 11.6 Å². The van der Waals surface area contributed by atoms with Crippen LogP contribution in [0.3, 0.4) is 0 Å². The molecule has 8 heteroatoms. The lowest BCUT2D eigenvalue weighted by molar-refractivity contribution is 0.163. The molecule has 4 N–H and O–H groups in total. The number of hydrazine groups is 1. The third-order valence-electron chi connectivity index (χ3n) is 1.30. The molecule has 1 rings (SSSR count). The van der Waals surface area contributed by atoms with Crippen molar-refractivity contribution in [1.29, 1.82) is 0 Å². The molecule has 0 fully saturated rings. The number of nitrogens with one attached hydrogen (secondary N) is 2. The van der Waals surface area contributed by atoms with Crippen molar-refractivity contribution in [2.45, 2.75) is 6.43 Å². The SMILES string of the molecule is NNc1ncc(F)c(NCC(F)F)n1. The van der Waals surface area contributed by atoms with Gasteiger partial charge in [-0.1, -0.05) is 0 Å². The Bertz CT molecular complexity index is 306. The van der Waals surface area contributed by atoms with Gasteiger partial charge in [-0.25, -0.2) is 24.0 Å². The number of hydrogen-bond donors (Lipinski definition) is 3. The highest BCUT2D eigenvalue weighted by molar-refractivity contribution is 5.40. The summed E-state index contributed by atoms with van der Waals surface area (Å²) in [6, 6.07) is 0. The summed E-state index contributed by atoms with van der Waals surface area (Å²) in [6.07, 6.45) is -1.76. The maximum absolute atomic E-state index is 12.9. The van der Waals surface area contributed by atoms with E-state index in [0.717, 1.165) is 6.20 Å². The summed E-state index contributed by atoms with van der Waals surface area (Å²) >= 11 is 0. The third-order valence-corrected chi connectivity index (χ3v) is 1.30. The van der Waals surface area contributed by atoms with E-state index in [4.69, 9.17) is 5.84 Å². The zero-order chi connectivity index (χ0) is 10.6. The van der Waals surface area contributed by atoms with Crippen LogP contribution in [-0.4, -0.2) is 22.9 Å². The van der Waals surface area contributed by atoms with Gasteiger partial charge in [-0.2, -0.15) is 4.98 Å². The molecule has 0 saturated heterocycles. The first-order chi connectivity index (χ1) is 6.63. The Labute approximate surface area is 77.5 Å². The van der Waals surface area contributed by atoms with Crippen molar-refractivity contribution in [3.8, 4) is 0 Å². The number of nitrogen functional groups attached to an aromatic ring is 1. The van der Waals surface area contributed by atoms with Crippen molar-refractivity contribution in [1.82, 2.24) is 9.97 Å². The van der Waals surface area contributed by atoms with Crippen LogP contribution in [-0.2, 0) is 0 Å². The summed E-state index contributed by atoms with van der Waals surface area (Å²) in [5, 5.41) is 2.12. The van der Waals surface area contributed by atoms with Gasteiger partial charge in [0.05, 0.1) is 12.7 Å². The highest BCUT2D eigenvalue weighted by Crippen LogP contribution is 2.11. The second kappa shape index (κ2) is 4.61. The monoisotopic (exact) mass is 207 g/mol. The molecule has 1 heterocycles. The first kappa shape index (κ1) is 10.5. The van der Waals surface area contributed by atoms with E-state index < -0.39 is 18.8 Å². The lowest BCUT2D eigenvalue weighted by atomic mass is 10.5. The molecule has 0 atom stereocenters. The molecule has 78 valence electrons. The fraction of sp³-hybridized carbons (Fsp3) is 0.333. The van der Waals surface area contributed by atoms with Crippen molar-refractivity contribution < 1.29 is 13.2 Å². The normalized spacial score (nSPS) is 10.4. The molecule has 0 aromatic carbocycles. The molecule has 0 bridgehead atoms. The molecule has 0 radical (unpaired) electrons. The van der Waals surface area contributed by atoms with E-state index in [9.17, 15) is 13.2 Å². The minimum Gasteiger partial charge on any atom is -0.362 e. The van der Waals surface area contributed by atoms with Crippen LogP contribution in [0.4, 0.5) is 24.9 Å². The van der Waals surface area contributed by atoms with E-state index in [1.807, 2.05) is 0 Å². The summed E-state index contributed by atoms with van der Waals surface area (Å²) in [5.41, 5.74) is 2.07. The van der Waals surface area contributed by atoms with Gasteiger partial charge in [0.1, 0.15) is 0 Å². The molecule has 0 spiro atoms. The molecule has 0 aliphatic carbocycles. The van der Waals surface area contributed by atoms with Crippen molar-refractivity contribution in [3.05, 3.63) is 12.0 Å². The maximum atomic E-state index is 12.9. The molecule has 1 aromatic heterocycles. The van der Waals surface area contributed by atoms with Crippen molar-refractivity contribution in [2.75, 3.05) is 17.3 Å². The second-order valence-corrected chi connectivity index (χ2v) is 2.31. The van der Waals surface area contributed by atoms with Gasteiger partial charge in [0, 0.05) is 0 Å². The highest BCUT2D eigenvalue weighted by Gasteiger charge is 2.08. The number of halogens is 3. The van der Waals surface area contributed by atoms with Gasteiger partial charge in [-0.15, -0.1) is 0 Å². The Morgan fingerprint density at radius 3 is 2.79 bits per heavy atom. The predicted molar refractivity (Wildman–Crippen MR) is 44.3 cm³/mol. The van der Waals surface area contributed by atoms with Crippen LogP contribution in [0, 0.1) is 5.82 Å². The molecule has 0 saturated carbocycles. The van der Waals surface area contributed by atoms with Gasteiger partial charge < -0.3 is 5.32 Å². The lowest BCUT2D eigenvalue weighted by Gasteiger charge is -2.06. The Kier molecular flexibility index (Phi) is 3.46. The molecular weight excluding hydrogens is 199 g/mol. The smallest absolute Gasteiger partial charge is 0.255 e. The number of anilines is 2. The first-order valence-electron chi connectivity index (χ1n) is 3.64. The van der Waals surface area contributed by atoms with Gasteiger partial charge in [0.2, 0.25) is 5.95 Å². The van der Waals surface area contributed by atoms with E-state index >= 15 is 0 Å². The Morgan fingerprint density at radius 2 is 2.21 bits per heavy atom. The molecular formula is C6H8F3N5. The Balaban J connectivity index is 2.73. The highest BCUT2D eigenvalue weighted by atomic mass is 19.3. The van der Waals surface area contributed by atoms with Crippen molar-refractivity contribution in [2.24, 2.45) is 5.84 Å². The zero-order valence-corrected chi connectivity index (χ0v) is 6.97. The molecule has 0 aliphatic heterocycles. The van der Waals surface area contributed by atoms with E-state index in [0.29, 0.717) is 0 Å². The molecule has 1 aromatic rings. The average molecular weight is 207 g/mol. The zero-order valence-electron chi connectivity index (χ0n) is 6.97. The molecule has 5 nitrogen and oxygen atoms in total. The minimum atomic E-state index is -2.58. The molecule has 14 heavy (non-hydrogen) atoms.